The lowest BCUT2D eigenvalue weighted by molar-refractivity contribution is -0.134. The molecule has 0 fully saturated rings. The topological polar surface area (TPSA) is 70.3 Å². The van der Waals surface area contributed by atoms with E-state index in [2.05, 4.69) is 13.8 Å². The summed E-state index contributed by atoms with van der Waals surface area (Å²) in [5, 5.41) is 14.7. The predicted molar refractivity (Wildman–Crippen MR) is 76.6 cm³/mol. The first-order valence-electron chi connectivity index (χ1n) is 6.56. The zero-order valence-corrected chi connectivity index (χ0v) is 13.0. The van der Waals surface area contributed by atoms with E-state index in [1.165, 1.54) is 32.6 Å². The van der Waals surface area contributed by atoms with Crippen molar-refractivity contribution in [1.29, 1.82) is 5.26 Å². The average molecular weight is 261 g/mol. The van der Waals surface area contributed by atoms with Crippen molar-refractivity contribution >= 4 is 5.97 Å². The molecule has 0 saturated heterocycles. The number of carbonyl (C=O) groups is 1. The zero-order chi connectivity index (χ0) is 15.2. The summed E-state index contributed by atoms with van der Waals surface area (Å²) in [6.07, 6.45) is 5.54. The first-order valence-corrected chi connectivity index (χ1v) is 6.56. The Balaban J connectivity index is -0.0000000750. The Morgan fingerprint density at radius 3 is 1.39 bits per heavy atom. The van der Waals surface area contributed by atoms with Crippen molar-refractivity contribution in [3.8, 4) is 6.07 Å². The molecule has 18 heavy (non-hydrogen) atoms. The van der Waals surface area contributed by atoms with E-state index >= 15 is 0 Å². The molecule has 0 aliphatic heterocycles. The summed E-state index contributed by atoms with van der Waals surface area (Å²) in [6, 6.07) is 1.75. The zero-order valence-electron chi connectivity index (χ0n) is 13.0. The number of carboxylic acids is 1. The first-order chi connectivity index (χ1) is 8.47. The summed E-state index contributed by atoms with van der Waals surface area (Å²) in [5.41, 5.74) is 0. The fourth-order valence-electron chi connectivity index (χ4n) is 0.704. The Kier molecular flexibility index (Phi) is 51.4. The van der Waals surface area contributed by atoms with Crippen molar-refractivity contribution in [2.24, 2.45) is 0 Å². The van der Waals surface area contributed by atoms with E-state index in [1.807, 2.05) is 13.8 Å². The summed E-state index contributed by atoms with van der Waals surface area (Å²) >= 11 is 0. The first kappa shape index (κ1) is 25.7. The molecule has 0 spiro atoms. The third-order valence-electron chi connectivity index (χ3n) is 1.37. The van der Waals surface area contributed by atoms with Crippen LogP contribution in [0.2, 0.25) is 0 Å². The van der Waals surface area contributed by atoms with Crippen LogP contribution in [0.15, 0.2) is 0 Å². The molecule has 0 heterocycles. The highest BCUT2D eigenvalue weighted by molar-refractivity contribution is 5.62. The van der Waals surface area contributed by atoms with E-state index < -0.39 is 5.97 Å². The summed E-state index contributed by atoms with van der Waals surface area (Å²) in [6.45, 7) is 12.6. The number of hydrogen-bond acceptors (Lipinski definition) is 3. The van der Waals surface area contributed by atoms with Crippen LogP contribution in [-0.4, -0.2) is 24.3 Å². The molecule has 0 unspecified atom stereocenters. The van der Waals surface area contributed by atoms with Gasteiger partial charge in [-0.05, 0) is 13.8 Å². The van der Waals surface area contributed by atoms with Crippen LogP contribution in [-0.2, 0) is 9.53 Å². The number of hydrogen-bond donors (Lipinski definition) is 1. The van der Waals surface area contributed by atoms with Gasteiger partial charge >= 0.3 is 0 Å². The highest BCUT2D eigenvalue weighted by Crippen LogP contribution is 1.95. The Morgan fingerprint density at radius 2 is 1.33 bits per heavy atom. The van der Waals surface area contributed by atoms with Gasteiger partial charge in [0.2, 0.25) is 0 Å². The Morgan fingerprint density at radius 1 is 1.11 bits per heavy atom. The summed E-state index contributed by atoms with van der Waals surface area (Å²) in [7, 11) is 0. The van der Waals surface area contributed by atoms with Gasteiger partial charge in [0.05, 0.1) is 6.07 Å². The summed E-state index contributed by atoms with van der Waals surface area (Å²) in [4.78, 5) is 9.00. The van der Waals surface area contributed by atoms with Crippen molar-refractivity contribution in [3.05, 3.63) is 0 Å². The molecule has 4 heteroatoms. The van der Waals surface area contributed by atoms with Gasteiger partial charge in [-0.2, -0.15) is 5.26 Å². The minimum absolute atomic E-state index is 0.833. The van der Waals surface area contributed by atoms with E-state index in [9.17, 15) is 0 Å². The largest absolute Gasteiger partial charge is 0.481 e. The average Bonchev–Trinajstić information content (AvgIpc) is 2.28. The molecule has 1 N–H and O–H groups in total. The monoisotopic (exact) mass is 261 g/mol. The van der Waals surface area contributed by atoms with E-state index in [-0.39, 0.29) is 0 Å². The van der Waals surface area contributed by atoms with Gasteiger partial charge in [-0.15, -0.1) is 0 Å². The van der Waals surface area contributed by atoms with Gasteiger partial charge in [-0.1, -0.05) is 39.5 Å². The van der Waals surface area contributed by atoms with Crippen LogP contribution in [0.4, 0.5) is 0 Å². The number of rotatable bonds is 5. The Labute approximate surface area is 113 Å². The van der Waals surface area contributed by atoms with Gasteiger partial charge in [-0.3, -0.25) is 4.79 Å². The van der Waals surface area contributed by atoms with E-state index in [4.69, 9.17) is 19.9 Å². The minimum Gasteiger partial charge on any atom is -0.481 e. The molecule has 0 aliphatic carbocycles. The molecule has 4 nitrogen and oxygen atoms in total. The maximum atomic E-state index is 9.00. The fraction of sp³-hybridized carbons (Fsp3) is 0.857. The maximum Gasteiger partial charge on any atom is 0.300 e. The van der Waals surface area contributed by atoms with Crippen molar-refractivity contribution in [2.75, 3.05) is 13.2 Å². The van der Waals surface area contributed by atoms with Crippen molar-refractivity contribution < 1.29 is 14.6 Å². The quantitative estimate of drug-likeness (QED) is 0.751. The molecule has 0 aromatic rings. The molecule has 0 bridgehead atoms. The lowest BCUT2D eigenvalue weighted by Crippen LogP contribution is -1.84. The lowest BCUT2D eigenvalue weighted by atomic mass is 10.2. The van der Waals surface area contributed by atoms with E-state index in [0.29, 0.717) is 0 Å². The molecular weight excluding hydrogens is 230 g/mol. The SMILES string of the molecule is CC#N.CC(=O)O.CCCCCC.CCOCC. The van der Waals surface area contributed by atoms with Crippen LogP contribution >= 0.6 is 0 Å². The van der Waals surface area contributed by atoms with Crippen LogP contribution in [0.5, 0.6) is 0 Å². The van der Waals surface area contributed by atoms with Crippen LogP contribution in [0.25, 0.3) is 0 Å². The van der Waals surface area contributed by atoms with Crippen molar-refractivity contribution in [3.63, 3.8) is 0 Å². The number of nitrogens with zero attached hydrogens (tertiary/aromatic N) is 1. The van der Waals surface area contributed by atoms with Gasteiger partial charge in [-0.25, -0.2) is 0 Å². The third-order valence-corrected chi connectivity index (χ3v) is 1.37. The van der Waals surface area contributed by atoms with Gasteiger partial charge < -0.3 is 9.84 Å². The molecule has 0 saturated carbocycles. The molecule has 0 rings (SSSR count). The second-order valence-corrected chi connectivity index (χ2v) is 3.23. The molecule has 0 aromatic carbocycles. The smallest absolute Gasteiger partial charge is 0.300 e. The summed E-state index contributed by atoms with van der Waals surface area (Å²) < 4.78 is 4.83. The normalized spacial score (nSPS) is 7.17. The van der Waals surface area contributed by atoms with Gasteiger partial charge in [0.25, 0.3) is 5.97 Å². The van der Waals surface area contributed by atoms with Crippen LogP contribution in [0, 0.1) is 11.3 Å². The highest BCUT2D eigenvalue weighted by Gasteiger charge is 1.75. The molecule has 0 atom stereocenters. The van der Waals surface area contributed by atoms with Crippen molar-refractivity contribution in [2.45, 2.75) is 67.2 Å². The number of aliphatic carboxylic acids is 1. The van der Waals surface area contributed by atoms with E-state index in [0.717, 1.165) is 20.1 Å². The number of carboxylic acid groups (broad SMARTS) is 1. The third kappa shape index (κ3) is 188. The number of unbranched alkanes of at least 4 members (excludes halogenated alkanes) is 3. The Hall–Kier alpha value is -1.08. The predicted octanol–water partition coefficient (Wildman–Crippen LogP) is 4.25. The summed E-state index contributed by atoms with van der Waals surface area (Å²) in [5.74, 6) is -0.833. The van der Waals surface area contributed by atoms with Crippen molar-refractivity contribution in [1.82, 2.24) is 0 Å². The molecule has 110 valence electrons. The second-order valence-electron chi connectivity index (χ2n) is 3.23. The van der Waals surface area contributed by atoms with Gasteiger partial charge in [0.1, 0.15) is 0 Å². The lowest BCUT2D eigenvalue weighted by Gasteiger charge is -1.86. The van der Waals surface area contributed by atoms with Gasteiger partial charge in [0.15, 0.2) is 0 Å². The molecule has 0 radical (unpaired) electrons. The maximum absolute atomic E-state index is 9.00. The van der Waals surface area contributed by atoms with Gasteiger partial charge in [0, 0.05) is 27.1 Å². The number of ether oxygens (including phenoxy) is 1. The standard InChI is InChI=1S/C6H14.C4H10O.C2H3N.C2H4O2/c1-3-5-6-4-2;1-3-5-4-2;1-2-3;1-2(3)4/h3-6H2,1-2H3;3-4H2,1-2H3;1H3;1H3,(H,3,4). The second kappa shape index (κ2) is 36.0. The minimum atomic E-state index is -0.833. The van der Waals surface area contributed by atoms with Crippen LogP contribution in [0.3, 0.4) is 0 Å². The Bertz CT molecular complexity index is 155. The molecule has 0 aromatic heterocycles. The fourth-order valence-corrected chi connectivity index (χ4v) is 0.704. The molecular formula is C14H31NO3. The number of nitriles is 1. The molecule has 0 aliphatic rings. The van der Waals surface area contributed by atoms with E-state index in [1.54, 1.807) is 6.07 Å². The molecule has 0 amide bonds. The highest BCUT2D eigenvalue weighted by atomic mass is 16.5. The van der Waals surface area contributed by atoms with Crippen LogP contribution < -0.4 is 0 Å². The van der Waals surface area contributed by atoms with Crippen LogP contribution in [0.1, 0.15) is 67.2 Å².